The molecule has 0 bridgehead atoms. The van der Waals surface area contributed by atoms with Gasteiger partial charge in [-0.05, 0) is 34.5 Å². The van der Waals surface area contributed by atoms with Crippen molar-refractivity contribution in [2.45, 2.75) is 17.6 Å². The molecule has 0 saturated heterocycles. The fraction of sp³-hybridized carbons (Fsp3) is 0.400. The van der Waals surface area contributed by atoms with Crippen LogP contribution in [0.2, 0.25) is 0 Å². The molecule has 2 aromatic heterocycles. The molecule has 0 amide bonds. The van der Waals surface area contributed by atoms with Crippen molar-refractivity contribution in [3.63, 3.8) is 0 Å². The molecule has 0 radical (unpaired) electrons. The van der Waals surface area contributed by atoms with Crippen LogP contribution in [0.15, 0.2) is 20.4 Å². The zero-order valence-electron chi connectivity index (χ0n) is 10.4. The minimum atomic E-state index is -3.45. The standard InChI is InChI=1S/C10H13BrN4O2S2/c1-7-5-9(18-10(7)11)19(16,17)13-4-3-8-12-6-15(2)14-8/h5-6,13H,3-4H2,1-2H3. The smallest absolute Gasteiger partial charge is 0.250 e. The van der Waals surface area contributed by atoms with Gasteiger partial charge in [-0.15, -0.1) is 11.3 Å². The maximum absolute atomic E-state index is 12.0. The highest BCUT2D eigenvalue weighted by molar-refractivity contribution is 9.11. The zero-order chi connectivity index (χ0) is 14.0. The Kier molecular flexibility index (Phi) is 4.39. The highest BCUT2D eigenvalue weighted by Gasteiger charge is 2.17. The molecule has 0 unspecified atom stereocenters. The van der Waals surface area contributed by atoms with E-state index in [1.165, 1.54) is 11.3 Å². The second-order valence-corrected chi connectivity index (χ2v) is 8.37. The van der Waals surface area contributed by atoms with Crippen LogP contribution in [0, 0.1) is 6.92 Å². The number of aryl methyl sites for hydroxylation is 2. The highest BCUT2D eigenvalue weighted by Crippen LogP contribution is 2.30. The summed E-state index contributed by atoms with van der Waals surface area (Å²) in [6.45, 7) is 2.14. The molecule has 19 heavy (non-hydrogen) atoms. The summed E-state index contributed by atoms with van der Waals surface area (Å²) in [5.74, 6) is 0.619. The molecule has 0 aliphatic carbocycles. The Morgan fingerprint density at radius 2 is 2.26 bits per heavy atom. The number of hydrogen-bond donors (Lipinski definition) is 1. The van der Waals surface area contributed by atoms with E-state index >= 15 is 0 Å². The van der Waals surface area contributed by atoms with Gasteiger partial charge >= 0.3 is 0 Å². The first-order valence-electron chi connectivity index (χ1n) is 5.48. The highest BCUT2D eigenvalue weighted by atomic mass is 79.9. The molecule has 0 aromatic carbocycles. The second-order valence-electron chi connectivity index (χ2n) is 4.00. The molecule has 0 spiro atoms. The van der Waals surface area contributed by atoms with Gasteiger partial charge in [0.2, 0.25) is 10.0 Å². The molecule has 0 aliphatic rings. The number of nitrogens with zero attached hydrogens (tertiary/aromatic N) is 3. The van der Waals surface area contributed by atoms with Crippen molar-refractivity contribution in [2.24, 2.45) is 7.05 Å². The largest absolute Gasteiger partial charge is 0.256 e. The van der Waals surface area contributed by atoms with E-state index in [9.17, 15) is 8.42 Å². The minimum Gasteiger partial charge on any atom is -0.256 e. The molecule has 9 heteroatoms. The fourth-order valence-electron chi connectivity index (χ4n) is 1.43. The number of aromatic nitrogens is 3. The summed E-state index contributed by atoms with van der Waals surface area (Å²) in [5, 5.41) is 4.09. The van der Waals surface area contributed by atoms with E-state index in [1.54, 1.807) is 24.1 Å². The number of sulfonamides is 1. The molecular weight excluding hydrogens is 352 g/mol. The molecule has 0 atom stereocenters. The SMILES string of the molecule is Cc1cc(S(=O)(=O)NCCc2ncn(C)n2)sc1Br. The van der Waals surface area contributed by atoms with Crippen molar-refractivity contribution in [1.82, 2.24) is 19.5 Å². The van der Waals surface area contributed by atoms with E-state index in [4.69, 9.17) is 0 Å². The van der Waals surface area contributed by atoms with E-state index in [0.29, 0.717) is 16.5 Å². The zero-order valence-corrected chi connectivity index (χ0v) is 13.6. The van der Waals surface area contributed by atoms with Crippen molar-refractivity contribution in [3.8, 4) is 0 Å². The number of thiophene rings is 1. The average molecular weight is 365 g/mol. The Morgan fingerprint density at radius 3 is 2.79 bits per heavy atom. The Balaban J connectivity index is 1.98. The number of rotatable bonds is 5. The van der Waals surface area contributed by atoms with Crippen LogP contribution in [-0.2, 0) is 23.5 Å². The Morgan fingerprint density at radius 1 is 1.53 bits per heavy atom. The van der Waals surface area contributed by atoms with Crippen LogP contribution >= 0.6 is 27.3 Å². The molecule has 104 valence electrons. The number of halogens is 1. The third-order valence-electron chi connectivity index (χ3n) is 2.39. The van der Waals surface area contributed by atoms with Gasteiger partial charge in [-0.3, -0.25) is 4.68 Å². The molecule has 2 heterocycles. The maximum atomic E-state index is 12.0. The monoisotopic (exact) mass is 364 g/mol. The van der Waals surface area contributed by atoms with Gasteiger partial charge in [-0.1, -0.05) is 0 Å². The second kappa shape index (κ2) is 5.70. The van der Waals surface area contributed by atoms with Gasteiger partial charge in [0.15, 0.2) is 5.82 Å². The van der Waals surface area contributed by atoms with Crippen LogP contribution in [0.3, 0.4) is 0 Å². The summed E-state index contributed by atoms with van der Waals surface area (Å²) in [7, 11) is -1.68. The summed E-state index contributed by atoms with van der Waals surface area (Å²) >= 11 is 4.52. The van der Waals surface area contributed by atoms with Crippen LogP contribution in [0.4, 0.5) is 0 Å². The lowest BCUT2D eigenvalue weighted by Crippen LogP contribution is -2.25. The van der Waals surface area contributed by atoms with Crippen LogP contribution in [0.25, 0.3) is 0 Å². The third-order valence-corrected chi connectivity index (χ3v) is 6.46. The Hall–Kier alpha value is -0.770. The Bertz CT molecular complexity index is 658. The van der Waals surface area contributed by atoms with Gasteiger partial charge in [-0.2, -0.15) is 5.10 Å². The predicted molar refractivity (Wildman–Crippen MR) is 76.7 cm³/mol. The first kappa shape index (κ1) is 14.6. The van der Waals surface area contributed by atoms with Crippen LogP contribution in [0.5, 0.6) is 0 Å². The molecule has 2 rings (SSSR count). The first-order chi connectivity index (χ1) is 8.88. The predicted octanol–water partition coefficient (Wildman–Crippen LogP) is 1.47. The van der Waals surface area contributed by atoms with Crippen LogP contribution in [0.1, 0.15) is 11.4 Å². The number of hydrogen-bond acceptors (Lipinski definition) is 5. The summed E-state index contributed by atoms with van der Waals surface area (Å²) in [6.07, 6.45) is 2.05. The van der Waals surface area contributed by atoms with Crippen molar-refractivity contribution < 1.29 is 8.42 Å². The van der Waals surface area contributed by atoms with Crippen LogP contribution < -0.4 is 4.72 Å². The lowest BCUT2D eigenvalue weighted by atomic mass is 10.4. The maximum Gasteiger partial charge on any atom is 0.250 e. The first-order valence-corrected chi connectivity index (χ1v) is 8.58. The van der Waals surface area contributed by atoms with E-state index < -0.39 is 10.0 Å². The summed E-state index contributed by atoms with van der Waals surface area (Å²) in [6, 6.07) is 1.65. The summed E-state index contributed by atoms with van der Waals surface area (Å²) in [5.41, 5.74) is 0.914. The quantitative estimate of drug-likeness (QED) is 0.871. The van der Waals surface area contributed by atoms with Crippen LogP contribution in [-0.4, -0.2) is 29.7 Å². The van der Waals surface area contributed by atoms with Gasteiger partial charge in [-0.25, -0.2) is 18.1 Å². The van der Waals surface area contributed by atoms with Crippen molar-refractivity contribution in [1.29, 1.82) is 0 Å². The number of nitrogens with one attached hydrogen (secondary N) is 1. The Labute approximate surface area is 124 Å². The fourth-order valence-corrected chi connectivity index (χ4v) is 4.73. The average Bonchev–Trinajstić information content (AvgIpc) is 2.87. The van der Waals surface area contributed by atoms with Gasteiger partial charge in [0.05, 0.1) is 3.79 Å². The molecule has 0 aliphatic heterocycles. The third kappa shape index (κ3) is 3.62. The molecule has 6 nitrogen and oxygen atoms in total. The van der Waals surface area contributed by atoms with Crippen molar-refractivity contribution >= 4 is 37.3 Å². The van der Waals surface area contributed by atoms with Gasteiger partial charge < -0.3 is 0 Å². The molecule has 1 N–H and O–H groups in total. The van der Waals surface area contributed by atoms with E-state index in [0.717, 1.165) is 9.35 Å². The molecule has 0 saturated carbocycles. The molecule has 0 fully saturated rings. The molecule has 2 aromatic rings. The van der Waals surface area contributed by atoms with E-state index in [2.05, 4.69) is 30.7 Å². The minimum absolute atomic E-state index is 0.279. The van der Waals surface area contributed by atoms with Crippen molar-refractivity contribution in [3.05, 3.63) is 27.6 Å². The lowest BCUT2D eigenvalue weighted by Gasteiger charge is -2.02. The van der Waals surface area contributed by atoms with Gasteiger partial charge in [0.25, 0.3) is 0 Å². The summed E-state index contributed by atoms with van der Waals surface area (Å²) in [4.78, 5) is 4.04. The van der Waals surface area contributed by atoms with Gasteiger partial charge in [0, 0.05) is 20.0 Å². The van der Waals surface area contributed by atoms with E-state index in [-0.39, 0.29) is 6.54 Å². The normalized spacial score (nSPS) is 11.9. The topological polar surface area (TPSA) is 76.9 Å². The lowest BCUT2D eigenvalue weighted by molar-refractivity contribution is 0.582. The summed E-state index contributed by atoms with van der Waals surface area (Å²) < 4.78 is 29.3. The van der Waals surface area contributed by atoms with Gasteiger partial charge in [0.1, 0.15) is 10.5 Å². The van der Waals surface area contributed by atoms with Crippen molar-refractivity contribution in [2.75, 3.05) is 6.54 Å². The molecular formula is C10H13BrN4O2S2. The van der Waals surface area contributed by atoms with E-state index in [1.807, 2.05) is 6.92 Å².